The maximum absolute atomic E-state index is 4.42. The molecule has 3 heterocycles. The second-order valence-corrected chi connectivity index (χ2v) is 5.67. The molecule has 0 radical (unpaired) electrons. The Morgan fingerprint density at radius 1 is 1.37 bits per heavy atom. The lowest BCUT2D eigenvalue weighted by atomic mass is 10.1. The Bertz CT molecular complexity index is 410. The Hall–Kier alpha value is -1.36. The molecule has 0 aromatic carbocycles. The summed E-state index contributed by atoms with van der Waals surface area (Å²) in [6.45, 7) is 5.62. The van der Waals surface area contributed by atoms with Crippen LogP contribution in [0.2, 0.25) is 0 Å². The first kappa shape index (κ1) is 12.7. The van der Waals surface area contributed by atoms with E-state index in [1.807, 2.05) is 0 Å². The summed E-state index contributed by atoms with van der Waals surface area (Å²) in [7, 11) is 2.13. The van der Waals surface area contributed by atoms with E-state index < -0.39 is 0 Å². The molecule has 1 aromatic heterocycles. The molecule has 0 aliphatic carbocycles. The Kier molecular flexibility index (Phi) is 3.82. The van der Waals surface area contributed by atoms with E-state index in [1.54, 1.807) is 6.33 Å². The number of nitrogens with one attached hydrogen (secondary N) is 1. The summed E-state index contributed by atoms with van der Waals surface area (Å²) in [4.78, 5) is 13.5. The van der Waals surface area contributed by atoms with E-state index in [2.05, 4.69) is 38.2 Å². The zero-order chi connectivity index (χ0) is 13.1. The number of hydrogen-bond donors (Lipinski definition) is 1. The minimum atomic E-state index is 0.746. The van der Waals surface area contributed by atoms with Gasteiger partial charge in [0.2, 0.25) is 0 Å². The van der Waals surface area contributed by atoms with Gasteiger partial charge in [-0.2, -0.15) is 0 Å². The molecular weight excluding hydrogens is 238 g/mol. The molecule has 1 atom stereocenters. The van der Waals surface area contributed by atoms with Crippen LogP contribution in [0.5, 0.6) is 0 Å². The van der Waals surface area contributed by atoms with Gasteiger partial charge in [-0.3, -0.25) is 0 Å². The average Bonchev–Trinajstić information content (AvgIpc) is 3.12. The van der Waals surface area contributed by atoms with Crippen molar-refractivity contribution in [3.8, 4) is 0 Å². The summed E-state index contributed by atoms with van der Waals surface area (Å²) in [5.41, 5.74) is 0. The average molecular weight is 261 g/mol. The number of rotatable bonds is 4. The predicted molar refractivity (Wildman–Crippen MR) is 77.7 cm³/mol. The van der Waals surface area contributed by atoms with Crippen molar-refractivity contribution < 1.29 is 0 Å². The highest BCUT2D eigenvalue weighted by Gasteiger charge is 2.18. The van der Waals surface area contributed by atoms with Gasteiger partial charge in [0, 0.05) is 32.7 Å². The summed E-state index contributed by atoms with van der Waals surface area (Å²) in [5.74, 6) is 2.87. The van der Waals surface area contributed by atoms with Crippen LogP contribution in [-0.4, -0.2) is 49.7 Å². The first-order valence-electron chi connectivity index (χ1n) is 7.32. The van der Waals surface area contributed by atoms with E-state index in [9.17, 15) is 0 Å². The van der Waals surface area contributed by atoms with E-state index in [4.69, 9.17) is 0 Å². The molecule has 2 fully saturated rings. The van der Waals surface area contributed by atoms with Crippen LogP contribution in [0.4, 0.5) is 11.6 Å². The summed E-state index contributed by atoms with van der Waals surface area (Å²) in [5, 5.41) is 3.42. The third-order valence-corrected chi connectivity index (χ3v) is 4.15. The van der Waals surface area contributed by atoms with Crippen molar-refractivity contribution in [2.45, 2.75) is 19.3 Å². The van der Waals surface area contributed by atoms with E-state index in [0.717, 1.165) is 50.3 Å². The molecule has 1 unspecified atom stereocenters. The van der Waals surface area contributed by atoms with Gasteiger partial charge in [0.25, 0.3) is 0 Å². The molecule has 5 nitrogen and oxygen atoms in total. The minimum absolute atomic E-state index is 0.746. The molecule has 0 spiro atoms. The third kappa shape index (κ3) is 2.97. The fourth-order valence-corrected chi connectivity index (χ4v) is 3.02. The fourth-order valence-electron chi connectivity index (χ4n) is 3.02. The van der Waals surface area contributed by atoms with Gasteiger partial charge < -0.3 is 15.1 Å². The molecule has 2 aliphatic rings. The quantitative estimate of drug-likeness (QED) is 0.880. The van der Waals surface area contributed by atoms with Crippen LogP contribution in [0.25, 0.3) is 0 Å². The topological polar surface area (TPSA) is 44.3 Å². The smallest absolute Gasteiger partial charge is 0.134 e. The molecule has 104 valence electrons. The molecule has 1 aromatic rings. The zero-order valence-electron chi connectivity index (χ0n) is 11.7. The highest BCUT2D eigenvalue weighted by Crippen LogP contribution is 2.21. The van der Waals surface area contributed by atoms with Gasteiger partial charge in [0.15, 0.2) is 0 Å². The SMILES string of the molecule is CN(CC1CCNC1)c1cc(N2CCCC2)ncn1. The Labute approximate surface area is 115 Å². The minimum Gasteiger partial charge on any atom is -0.359 e. The van der Waals surface area contributed by atoms with Gasteiger partial charge in [0.1, 0.15) is 18.0 Å². The lowest BCUT2D eigenvalue weighted by Gasteiger charge is -2.23. The Balaban J connectivity index is 1.67. The van der Waals surface area contributed by atoms with Gasteiger partial charge in [-0.15, -0.1) is 0 Å². The highest BCUT2D eigenvalue weighted by molar-refractivity contribution is 5.50. The van der Waals surface area contributed by atoms with Crippen molar-refractivity contribution in [2.24, 2.45) is 5.92 Å². The van der Waals surface area contributed by atoms with Crippen molar-refractivity contribution in [3.63, 3.8) is 0 Å². The zero-order valence-corrected chi connectivity index (χ0v) is 11.7. The second-order valence-electron chi connectivity index (χ2n) is 5.67. The fraction of sp³-hybridized carbons (Fsp3) is 0.714. The molecular formula is C14H23N5. The lowest BCUT2D eigenvalue weighted by molar-refractivity contribution is 0.575. The molecule has 2 aliphatic heterocycles. The van der Waals surface area contributed by atoms with Crippen LogP contribution < -0.4 is 15.1 Å². The maximum Gasteiger partial charge on any atom is 0.134 e. The van der Waals surface area contributed by atoms with Gasteiger partial charge in [-0.05, 0) is 38.3 Å². The van der Waals surface area contributed by atoms with E-state index in [1.165, 1.54) is 19.3 Å². The second kappa shape index (κ2) is 5.74. The molecule has 5 heteroatoms. The summed E-state index contributed by atoms with van der Waals surface area (Å²) in [6.07, 6.45) is 5.53. The van der Waals surface area contributed by atoms with Crippen molar-refractivity contribution in [2.75, 3.05) is 49.6 Å². The Morgan fingerprint density at radius 3 is 2.95 bits per heavy atom. The number of anilines is 2. The molecule has 0 saturated carbocycles. The van der Waals surface area contributed by atoms with E-state index in [-0.39, 0.29) is 0 Å². The normalized spacial score (nSPS) is 23.0. The van der Waals surface area contributed by atoms with Crippen LogP contribution in [0.1, 0.15) is 19.3 Å². The molecule has 3 rings (SSSR count). The summed E-state index contributed by atoms with van der Waals surface area (Å²) >= 11 is 0. The van der Waals surface area contributed by atoms with Crippen LogP contribution >= 0.6 is 0 Å². The van der Waals surface area contributed by atoms with Crippen LogP contribution in [0, 0.1) is 5.92 Å². The number of hydrogen-bond acceptors (Lipinski definition) is 5. The highest BCUT2D eigenvalue weighted by atomic mass is 15.2. The van der Waals surface area contributed by atoms with Crippen LogP contribution in [-0.2, 0) is 0 Å². The molecule has 1 N–H and O–H groups in total. The molecule has 19 heavy (non-hydrogen) atoms. The largest absolute Gasteiger partial charge is 0.359 e. The number of aromatic nitrogens is 2. The van der Waals surface area contributed by atoms with Crippen LogP contribution in [0.3, 0.4) is 0 Å². The van der Waals surface area contributed by atoms with E-state index >= 15 is 0 Å². The van der Waals surface area contributed by atoms with E-state index in [0.29, 0.717) is 0 Å². The van der Waals surface area contributed by atoms with Crippen molar-refractivity contribution >= 4 is 11.6 Å². The van der Waals surface area contributed by atoms with Gasteiger partial charge >= 0.3 is 0 Å². The van der Waals surface area contributed by atoms with Crippen molar-refractivity contribution in [1.29, 1.82) is 0 Å². The van der Waals surface area contributed by atoms with Gasteiger partial charge in [0.05, 0.1) is 0 Å². The monoisotopic (exact) mass is 261 g/mol. The van der Waals surface area contributed by atoms with Crippen molar-refractivity contribution in [1.82, 2.24) is 15.3 Å². The predicted octanol–water partition coefficient (Wildman–Crippen LogP) is 1.12. The van der Waals surface area contributed by atoms with Gasteiger partial charge in [-0.1, -0.05) is 0 Å². The first-order chi connectivity index (χ1) is 9.33. The third-order valence-electron chi connectivity index (χ3n) is 4.15. The molecule has 2 saturated heterocycles. The van der Waals surface area contributed by atoms with Gasteiger partial charge in [-0.25, -0.2) is 9.97 Å². The molecule has 0 bridgehead atoms. The standard InChI is InChI=1S/C14H23N5/c1-18(10-12-4-5-15-9-12)13-8-14(17-11-16-13)19-6-2-3-7-19/h8,11-12,15H,2-7,9-10H2,1H3. The summed E-state index contributed by atoms with van der Waals surface area (Å²) in [6, 6.07) is 2.13. The molecule has 0 amide bonds. The number of nitrogens with zero attached hydrogens (tertiary/aromatic N) is 4. The first-order valence-corrected chi connectivity index (χ1v) is 7.32. The maximum atomic E-state index is 4.42. The summed E-state index contributed by atoms with van der Waals surface area (Å²) < 4.78 is 0. The van der Waals surface area contributed by atoms with Crippen molar-refractivity contribution in [3.05, 3.63) is 12.4 Å². The lowest BCUT2D eigenvalue weighted by Crippen LogP contribution is -2.28. The Morgan fingerprint density at radius 2 is 2.21 bits per heavy atom. The van der Waals surface area contributed by atoms with Crippen LogP contribution in [0.15, 0.2) is 12.4 Å².